The fraction of sp³-hybridized carbons (Fsp3) is 0.417. The van der Waals surface area contributed by atoms with Gasteiger partial charge in [-0.3, -0.25) is 9.59 Å². The Balaban J connectivity index is 1.59. The Morgan fingerprint density at radius 2 is 1.91 bits per heavy atom. The quantitative estimate of drug-likeness (QED) is 0.573. The maximum Gasteiger partial charge on any atom is 0.416 e. The van der Waals surface area contributed by atoms with Crippen LogP contribution in [0.3, 0.4) is 0 Å². The van der Waals surface area contributed by atoms with Gasteiger partial charge in [0, 0.05) is 19.3 Å². The zero-order chi connectivity index (χ0) is 25.5. The Morgan fingerprint density at radius 3 is 2.51 bits per heavy atom. The maximum absolute atomic E-state index is 13.8. The van der Waals surface area contributed by atoms with Crippen LogP contribution in [-0.2, 0) is 10.9 Å². The second-order valence-corrected chi connectivity index (χ2v) is 8.87. The molecule has 35 heavy (non-hydrogen) atoms. The number of carbonyl (C=O) groups excluding carboxylic acids is 1. The Labute approximate surface area is 199 Å². The summed E-state index contributed by atoms with van der Waals surface area (Å²) in [6.07, 6.45) is -3.40. The van der Waals surface area contributed by atoms with E-state index in [0.717, 1.165) is 6.07 Å². The Bertz CT molecular complexity index is 1300. The molecule has 0 spiro atoms. The molecule has 1 saturated heterocycles. The third-order valence-corrected chi connectivity index (χ3v) is 5.85. The summed E-state index contributed by atoms with van der Waals surface area (Å²) in [6, 6.07) is 4.39. The molecule has 3 aromatic rings. The van der Waals surface area contributed by atoms with E-state index in [1.807, 2.05) is 13.8 Å². The largest absolute Gasteiger partial charge is 0.416 e. The van der Waals surface area contributed by atoms with Crippen molar-refractivity contribution in [3.8, 4) is 0 Å². The van der Waals surface area contributed by atoms with Crippen LogP contribution < -0.4 is 10.9 Å². The number of nitrogens with zero attached hydrogens (tertiary/aromatic N) is 3. The summed E-state index contributed by atoms with van der Waals surface area (Å²) in [5.41, 5.74) is -1.16. The summed E-state index contributed by atoms with van der Waals surface area (Å²) in [7, 11) is 0. The smallest absolute Gasteiger partial charge is 0.372 e. The highest BCUT2D eigenvalue weighted by Gasteiger charge is 2.35. The third-order valence-electron chi connectivity index (χ3n) is 5.85. The normalized spacial score (nSPS) is 19.6. The van der Waals surface area contributed by atoms with Gasteiger partial charge in [0.2, 0.25) is 0 Å². The van der Waals surface area contributed by atoms with Crippen molar-refractivity contribution in [3.63, 3.8) is 0 Å². The molecule has 1 aliphatic heterocycles. The Hall–Kier alpha value is -3.47. The summed E-state index contributed by atoms with van der Waals surface area (Å²) in [5.74, 6) is 0.339. The zero-order valence-electron chi connectivity index (χ0n) is 19.7. The minimum atomic E-state index is -4.65. The number of aromatic amines is 1. The zero-order valence-corrected chi connectivity index (χ0v) is 19.7. The van der Waals surface area contributed by atoms with E-state index < -0.39 is 23.3 Å². The molecule has 3 unspecified atom stereocenters. The van der Waals surface area contributed by atoms with Gasteiger partial charge in [0.25, 0.3) is 11.5 Å². The number of halogens is 3. The minimum absolute atomic E-state index is 0.0257. The molecule has 0 radical (unpaired) electrons. The van der Waals surface area contributed by atoms with Gasteiger partial charge in [-0.15, -0.1) is 0 Å². The molecule has 0 bridgehead atoms. The van der Waals surface area contributed by atoms with Gasteiger partial charge in [-0.2, -0.15) is 13.2 Å². The third kappa shape index (κ3) is 5.29. The molecule has 1 aromatic carbocycles. The van der Waals surface area contributed by atoms with Crippen LogP contribution in [0, 0.1) is 6.92 Å². The first-order valence-electron chi connectivity index (χ1n) is 11.2. The summed E-state index contributed by atoms with van der Waals surface area (Å²) < 4.78 is 47.2. The SMILES string of the molecule is Cc1nc2cc(C(F)(F)F)c(C(C)Nc3ccc(C(=O)N4CC(C)OC(C)C4)cn3)cc2c(=O)[nH]1. The highest BCUT2D eigenvalue weighted by Crippen LogP contribution is 2.37. The lowest BCUT2D eigenvalue weighted by Crippen LogP contribution is -2.48. The molecule has 1 amide bonds. The Morgan fingerprint density at radius 1 is 1.23 bits per heavy atom. The first-order chi connectivity index (χ1) is 16.4. The van der Waals surface area contributed by atoms with Gasteiger partial charge >= 0.3 is 6.18 Å². The summed E-state index contributed by atoms with van der Waals surface area (Å²) >= 11 is 0. The van der Waals surface area contributed by atoms with Crippen molar-refractivity contribution >= 4 is 22.6 Å². The molecule has 0 saturated carbocycles. The minimum Gasteiger partial charge on any atom is -0.372 e. The number of amides is 1. The summed E-state index contributed by atoms with van der Waals surface area (Å²) in [6.45, 7) is 7.78. The standard InChI is InChI=1S/C24H26F3N5O3/c1-12-10-32(11-13(2)35-12)23(34)16-5-6-21(28-9-16)29-14(3)17-7-18-20(8-19(17)24(25,26)27)30-15(4)31-22(18)33/h5-9,12-14H,10-11H2,1-4H3,(H,28,29)(H,30,31,33). The van der Waals surface area contributed by atoms with E-state index in [1.165, 1.54) is 19.2 Å². The number of alkyl halides is 3. The summed E-state index contributed by atoms with van der Waals surface area (Å²) in [5, 5.41) is 3.00. The van der Waals surface area contributed by atoms with E-state index >= 15 is 0 Å². The van der Waals surface area contributed by atoms with E-state index in [1.54, 1.807) is 24.0 Å². The monoisotopic (exact) mass is 489 g/mol. The number of hydrogen-bond donors (Lipinski definition) is 2. The molecule has 0 aliphatic carbocycles. The lowest BCUT2D eigenvalue weighted by molar-refractivity contribution is -0.138. The average Bonchev–Trinajstić information content (AvgIpc) is 2.77. The number of hydrogen-bond acceptors (Lipinski definition) is 6. The number of rotatable bonds is 4. The van der Waals surface area contributed by atoms with Gasteiger partial charge in [0.05, 0.1) is 40.3 Å². The number of aromatic nitrogens is 3. The van der Waals surface area contributed by atoms with Crippen molar-refractivity contribution in [2.45, 2.75) is 52.1 Å². The second-order valence-electron chi connectivity index (χ2n) is 8.87. The van der Waals surface area contributed by atoms with E-state index in [9.17, 15) is 22.8 Å². The molecule has 186 valence electrons. The number of aryl methyl sites for hydroxylation is 1. The predicted molar refractivity (Wildman–Crippen MR) is 124 cm³/mol. The van der Waals surface area contributed by atoms with Gasteiger partial charge in [0.1, 0.15) is 11.6 Å². The number of fused-ring (bicyclic) bond motifs is 1. The molecule has 11 heteroatoms. The van der Waals surface area contributed by atoms with Crippen molar-refractivity contribution in [1.29, 1.82) is 0 Å². The van der Waals surface area contributed by atoms with Crippen LogP contribution in [0.1, 0.15) is 54.1 Å². The van der Waals surface area contributed by atoms with Gasteiger partial charge in [-0.25, -0.2) is 9.97 Å². The van der Waals surface area contributed by atoms with Crippen LogP contribution in [0.2, 0.25) is 0 Å². The molecular weight excluding hydrogens is 463 g/mol. The van der Waals surface area contributed by atoms with Crippen molar-refractivity contribution in [2.75, 3.05) is 18.4 Å². The molecule has 3 heterocycles. The number of anilines is 1. The van der Waals surface area contributed by atoms with Crippen LogP contribution in [-0.4, -0.2) is 51.1 Å². The molecule has 1 fully saturated rings. The van der Waals surface area contributed by atoms with Gasteiger partial charge in [-0.1, -0.05) is 0 Å². The first-order valence-corrected chi connectivity index (χ1v) is 11.2. The van der Waals surface area contributed by atoms with Gasteiger partial charge in [0.15, 0.2) is 0 Å². The molecule has 3 atom stereocenters. The lowest BCUT2D eigenvalue weighted by Gasteiger charge is -2.35. The highest BCUT2D eigenvalue weighted by atomic mass is 19.4. The summed E-state index contributed by atoms with van der Waals surface area (Å²) in [4.78, 5) is 37.6. The van der Waals surface area contributed by atoms with Crippen LogP contribution in [0.5, 0.6) is 0 Å². The fourth-order valence-electron chi connectivity index (χ4n) is 4.35. The topological polar surface area (TPSA) is 100 Å². The van der Waals surface area contributed by atoms with Crippen molar-refractivity contribution < 1.29 is 22.7 Å². The van der Waals surface area contributed by atoms with E-state index in [0.29, 0.717) is 24.5 Å². The number of H-pyrrole nitrogens is 1. The highest BCUT2D eigenvalue weighted by molar-refractivity contribution is 5.94. The number of nitrogens with one attached hydrogen (secondary N) is 2. The molecule has 1 aliphatic rings. The average molecular weight is 489 g/mol. The van der Waals surface area contributed by atoms with Gasteiger partial charge in [-0.05, 0) is 57.5 Å². The van der Waals surface area contributed by atoms with Crippen LogP contribution in [0.4, 0.5) is 19.0 Å². The van der Waals surface area contributed by atoms with Gasteiger partial charge < -0.3 is 19.9 Å². The van der Waals surface area contributed by atoms with E-state index in [2.05, 4.69) is 20.3 Å². The number of pyridine rings is 1. The van der Waals surface area contributed by atoms with E-state index in [-0.39, 0.29) is 40.4 Å². The molecule has 2 aromatic heterocycles. The molecular formula is C24H26F3N5O3. The molecule has 4 rings (SSSR count). The van der Waals surface area contributed by atoms with Crippen molar-refractivity contribution in [1.82, 2.24) is 19.9 Å². The van der Waals surface area contributed by atoms with Crippen LogP contribution >= 0.6 is 0 Å². The van der Waals surface area contributed by atoms with Crippen LogP contribution in [0.15, 0.2) is 35.3 Å². The number of morpholine rings is 1. The second kappa shape index (κ2) is 9.29. The fourth-order valence-corrected chi connectivity index (χ4v) is 4.35. The molecule has 2 N–H and O–H groups in total. The number of carbonyl (C=O) groups is 1. The van der Waals surface area contributed by atoms with Crippen molar-refractivity contribution in [2.24, 2.45) is 0 Å². The number of benzene rings is 1. The predicted octanol–water partition coefficient (Wildman–Crippen LogP) is 4.07. The first kappa shape index (κ1) is 24.6. The molecule has 8 nitrogen and oxygen atoms in total. The Kier molecular flexibility index (Phi) is 6.54. The maximum atomic E-state index is 13.8. The van der Waals surface area contributed by atoms with Crippen molar-refractivity contribution in [3.05, 3.63) is 63.3 Å². The number of ether oxygens (including phenoxy) is 1. The lowest BCUT2D eigenvalue weighted by atomic mass is 9.98. The van der Waals surface area contributed by atoms with E-state index in [4.69, 9.17) is 4.74 Å². The van der Waals surface area contributed by atoms with Crippen LogP contribution in [0.25, 0.3) is 10.9 Å².